The molecule has 0 spiro atoms. The fourth-order valence-corrected chi connectivity index (χ4v) is 3.36. The summed E-state index contributed by atoms with van der Waals surface area (Å²) in [6.45, 7) is 4.01. The van der Waals surface area contributed by atoms with E-state index in [1.807, 2.05) is 37.9 Å². The van der Waals surface area contributed by atoms with Gasteiger partial charge in [0.2, 0.25) is 5.91 Å². The molecule has 7 nitrogen and oxygen atoms in total. The molecule has 0 radical (unpaired) electrons. The van der Waals surface area contributed by atoms with E-state index in [1.54, 1.807) is 11.1 Å². The number of imidazole rings is 1. The molecule has 1 saturated heterocycles. The van der Waals surface area contributed by atoms with Crippen LogP contribution in [-0.2, 0) is 11.3 Å². The van der Waals surface area contributed by atoms with Crippen LogP contribution in [0.2, 0.25) is 0 Å². The Morgan fingerprint density at radius 1 is 1.52 bits per heavy atom. The molecule has 0 bridgehead atoms. The number of likely N-dealkylation sites (tertiary alicyclic amines) is 1. The molecule has 1 amide bonds. The second-order valence-corrected chi connectivity index (χ2v) is 7.17. The Bertz CT molecular complexity index is 796. The Morgan fingerprint density at radius 2 is 2.37 bits per heavy atom. The minimum Gasteiger partial charge on any atom is -0.337 e. The number of hydrogen-bond acceptors (Lipinski definition) is 5. The van der Waals surface area contributed by atoms with Crippen molar-refractivity contribution >= 4 is 5.91 Å². The van der Waals surface area contributed by atoms with E-state index in [9.17, 15) is 4.79 Å². The van der Waals surface area contributed by atoms with E-state index >= 15 is 0 Å². The van der Waals surface area contributed by atoms with Gasteiger partial charge in [-0.2, -0.15) is 5.26 Å². The molecule has 3 rings (SSSR count). The Balaban J connectivity index is 1.49. The molecule has 142 valence electrons. The average Bonchev–Trinajstić information content (AvgIpc) is 3.36. The second kappa shape index (κ2) is 8.78. The normalized spacial score (nSPS) is 17.9. The number of rotatable bonds is 7. The zero-order chi connectivity index (χ0) is 19.2. The lowest BCUT2D eigenvalue weighted by atomic mass is 10.2. The van der Waals surface area contributed by atoms with Crippen molar-refractivity contribution in [3.63, 3.8) is 0 Å². The Morgan fingerprint density at radius 3 is 3.11 bits per heavy atom. The monoisotopic (exact) mass is 366 g/mol. The van der Waals surface area contributed by atoms with Crippen LogP contribution in [0, 0.1) is 11.3 Å². The van der Waals surface area contributed by atoms with Crippen molar-refractivity contribution in [1.82, 2.24) is 24.3 Å². The standard InChI is InChI=1S/C20H26N6O/c1-16(24(2)14-20(27)26-9-4-6-18(26)11-21)7-10-25-13-19(23-15-25)17-5-3-8-22-12-17/h3,5,8,12-13,15-16,18H,4,6-7,9-10,14H2,1-2H3/t16?,18-/m0/s1. The van der Waals surface area contributed by atoms with Gasteiger partial charge in [-0.15, -0.1) is 0 Å². The summed E-state index contributed by atoms with van der Waals surface area (Å²) in [5.74, 6) is 0.0508. The van der Waals surface area contributed by atoms with Gasteiger partial charge in [-0.05, 0) is 45.4 Å². The molecule has 1 aliphatic heterocycles. The number of pyridine rings is 1. The first-order chi connectivity index (χ1) is 13.1. The molecule has 3 heterocycles. The van der Waals surface area contributed by atoms with Crippen LogP contribution in [0.5, 0.6) is 0 Å². The van der Waals surface area contributed by atoms with E-state index in [0.717, 1.165) is 37.1 Å². The van der Waals surface area contributed by atoms with Crippen molar-refractivity contribution in [2.24, 2.45) is 0 Å². The minimum atomic E-state index is -0.252. The number of amides is 1. The summed E-state index contributed by atoms with van der Waals surface area (Å²) in [6, 6.07) is 6.13. The summed E-state index contributed by atoms with van der Waals surface area (Å²) in [5, 5.41) is 9.15. The van der Waals surface area contributed by atoms with Crippen LogP contribution >= 0.6 is 0 Å². The fraction of sp³-hybridized carbons (Fsp3) is 0.500. The molecule has 0 aliphatic carbocycles. The Labute approximate surface area is 160 Å². The lowest BCUT2D eigenvalue weighted by Gasteiger charge is -2.27. The van der Waals surface area contributed by atoms with Crippen LogP contribution < -0.4 is 0 Å². The number of likely N-dealkylation sites (N-methyl/N-ethyl adjacent to an activating group) is 1. The first-order valence-electron chi connectivity index (χ1n) is 9.40. The topological polar surface area (TPSA) is 78.1 Å². The number of hydrogen-bond donors (Lipinski definition) is 0. The number of carbonyl (C=O) groups is 1. The van der Waals surface area contributed by atoms with E-state index in [-0.39, 0.29) is 18.0 Å². The van der Waals surface area contributed by atoms with Gasteiger partial charge in [0.05, 0.1) is 24.6 Å². The SMILES string of the molecule is CC(CCn1cnc(-c2cccnc2)c1)N(C)CC(=O)N1CCC[C@H]1C#N. The van der Waals surface area contributed by atoms with Crippen molar-refractivity contribution in [3.05, 3.63) is 37.1 Å². The highest BCUT2D eigenvalue weighted by Crippen LogP contribution is 2.18. The highest BCUT2D eigenvalue weighted by Gasteiger charge is 2.29. The van der Waals surface area contributed by atoms with Gasteiger partial charge < -0.3 is 9.47 Å². The number of carbonyl (C=O) groups excluding carboxylic acids is 1. The van der Waals surface area contributed by atoms with Crippen LogP contribution in [0.3, 0.4) is 0 Å². The van der Waals surface area contributed by atoms with Crippen LogP contribution in [0.1, 0.15) is 26.2 Å². The smallest absolute Gasteiger partial charge is 0.237 e. The van der Waals surface area contributed by atoms with Gasteiger partial charge in [0.25, 0.3) is 0 Å². The fourth-order valence-electron chi connectivity index (χ4n) is 3.36. The van der Waals surface area contributed by atoms with Crippen LogP contribution in [0.15, 0.2) is 37.1 Å². The average molecular weight is 366 g/mol. The van der Waals surface area contributed by atoms with Crippen LogP contribution in [0.4, 0.5) is 0 Å². The molecule has 1 fully saturated rings. The maximum atomic E-state index is 12.5. The molecule has 2 atom stereocenters. The van der Waals surface area contributed by atoms with E-state index in [4.69, 9.17) is 5.26 Å². The second-order valence-electron chi connectivity index (χ2n) is 7.17. The molecule has 2 aromatic rings. The third-order valence-electron chi connectivity index (χ3n) is 5.25. The van der Waals surface area contributed by atoms with Gasteiger partial charge in [0, 0.05) is 43.3 Å². The molecule has 1 unspecified atom stereocenters. The summed E-state index contributed by atoms with van der Waals surface area (Å²) in [6.07, 6.45) is 10.0. The number of nitriles is 1. The first-order valence-corrected chi connectivity index (χ1v) is 9.40. The first kappa shape index (κ1) is 19.1. The Hall–Kier alpha value is -2.72. The van der Waals surface area contributed by atoms with E-state index in [1.165, 1.54) is 0 Å². The van der Waals surface area contributed by atoms with Crippen molar-refractivity contribution in [3.8, 4) is 17.3 Å². The van der Waals surface area contributed by atoms with E-state index < -0.39 is 0 Å². The number of aromatic nitrogens is 3. The third-order valence-corrected chi connectivity index (χ3v) is 5.25. The number of aryl methyl sites for hydroxylation is 1. The summed E-state index contributed by atoms with van der Waals surface area (Å²) in [7, 11) is 1.97. The van der Waals surface area contributed by atoms with Crippen molar-refractivity contribution in [1.29, 1.82) is 5.26 Å². The summed E-state index contributed by atoms with van der Waals surface area (Å²) >= 11 is 0. The molecule has 2 aromatic heterocycles. The molecule has 1 aliphatic rings. The van der Waals surface area contributed by atoms with E-state index in [0.29, 0.717) is 13.1 Å². The lowest BCUT2D eigenvalue weighted by Crippen LogP contribution is -2.43. The summed E-state index contributed by atoms with van der Waals surface area (Å²) < 4.78 is 2.07. The third kappa shape index (κ3) is 4.72. The van der Waals surface area contributed by atoms with Crippen LogP contribution in [-0.4, -0.2) is 62.5 Å². The zero-order valence-corrected chi connectivity index (χ0v) is 16.0. The van der Waals surface area contributed by atoms with Crippen molar-refractivity contribution in [2.45, 2.75) is 44.8 Å². The predicted octanol–water partition coefficient (Wildman–Crippen LogP) is 2.17. The maximum Gasteiger partial charge on any atom is 0.237 e. The van der Waals surface area contributed by atoms with Gasteiger partial charge in [-0.1, -0.05) is 0 Å². The predicted molar refractivity (Wildman–Crippen MR) is 103 cm³/mol. The maximum absolute atomic E-state index is 12.5. The number of nitrogens with zero attached hydrogens (tertiary/aromatic N) is 6. The molecule has 0 N–H and O–H groups in total. The van der Waals surface area contributed by atoms with Gasteiger partial charge in [0.15, 0.2) is 0 Å². The summed E-state index contributed by atoms with van der Waals surface area (Å²) in [5.41, 5.74) is 1.92. The highest BCUT2D eigenvalue weighted by molar-refractivity contribution is 5.79. The molecule has 27 heavy (non-hydrogen) atoms. The molecule has 7 heteroatoms. The summed E-state index contributed by atoms with van der Waals surface area (Å²) in [4.78, 5) is 24.8. The van der Waals surface area contributed by atoms with Gasteiger partial charge in [-0.25, -0.2) is 4.98 Å². The van der Waals surface area contributed by atoms with Gasteiger partial charge in [-0.3, -0.25) is 14.7 Å². The largest absolute Gasteiger partial charge is 0.337 e. The Kier molecular flexibility index (Phi) is 6.20. The van der Waals surface area contributed by atoms with Gasteiger partial charge in [0.1, 0.15) is 6.04 Å². The molecular formula is C20H26N6O. The quantitative estimate of drug-likeness (QED) is 0.750. The molecular weight excluding hydrogens is 340 g/mol. The van der Waals surface area contributed by atoms with Crippen molar-refractivity contribution < 1.29 is 4.79 Å². The van der Waals surface area contributed by atoms with Crippen LogP contribution in [0.25, 0.3) is 11.3 Å². The molecule has 0 aromatic carbocycles. The highest BCUT2D eigenvalue weighted by atomic mass is 16.2. The van der Waals surface area contributed by atoms with E-state index in [2.05, 4.69) is 32.4 Å². The van der Waals surface area contributed by atoms with Crippen molar-refractivity contribution in [2.75, 3.05) is 20.1 Å². The molecule has 0 saturated carbocycles. The minimum absolute atomic E-state index is 0.0508. The lowest BCUT2D eigenvalue weighted by molar-refractivity contribution is -0.132. The zero-order valence-electron chi connectivity index (χ0n) is 16.0. The van der Waals surface area contributed by atoms with Gasteiger partial charge >= 0.3 is 0 Å².